The van der Waals surface area contributed by atoms with E-state index in [1.54, 1.807) is 19.1 Å². The molecule has 0 fully saturated rings. The number of benzene rings is 1. The second kappa shape index (κ2) is 6.13. The van der Waals surface area contributed by atoms with Crippen molar-refractivity contribution in [3.63, 3.8) is 0 Å². The van der Waals surface area contributed by atoms with E-state index in [0.717, 1.165) is 5.56 Å². The molecule has 0 heterocycles. The largest absolute Gasteiger partial charge is 0.469 e. The lowest BCUT2D eigenvalue weighted by Gasteiger charge is -2.03. The number of rotatable bonds is 5. The maximum absolute atomic E-state index is 13.0. The summed E-state index contributed by atoms with van der Waals surface area (Å²) in [6.45, 7) is 1.65. The molecule has 0 aliphatic heterocycles. The fraction of sp³-hybridized carbons (Fsp3) is 0.385. The molecule has 0 unspecified atom stereocenters. The smallest absolute Gasteiger partial charge is 0.305 e. The predicted octanol–water partition coefficient (Wildman–Crippen LogP) is 2.20. The first-order chi connectivity index (χ1) is 8.02. The van der Waals surface area contributed by atoms with Gasteiger partial charge in [-0.15, -0.1) is 0 Å². The van der Waals surface area contributed by atoms with Gasteiger partial charge in [0, 0.05) is 12.8 Å². The van der Waals surface area contributed by atoms with Gasteiger partial charge in [-0.25, -0.2) is 4.39 Å². The average Bonchev–Trinajstić information content (AvgIpc) is 2.31. The fourth-order valence-corrected chi connectivity index (χ4v) is 1.48. The molecule has 0 saturated carbocycles. The van der Waals surface area contributed by atoms with Crippen LogP contribution in [0.25, 0.3) is 0 Å². The summed E-state index contributed by atoms with van der Waals surface area (Å²) in [4.78, 5) is 22.4. The number of carbonyl (C=O) groups excluding carboxylic acids is 2. The number of esters is 1. The summed E-state index contributed by atoms with van der Waals surface area (Å²) < 4.78 is 17.4. The Bertz CT molecular complexity index is 427. The number of ketones is 1. The molecular formula is C13H15FO3. The van der Waals surface area contributed by atoms with Crippen molar-refractivity contribution in [2.75, 3.05) is 7.11 Å². The van der Waals surface area contributed by atoms with Crippen molar-refractivity contribution in [3.8, 4) is 0 Å². The van der Waals surface area contributed by atoms with Crippen LogP contribution in [-0.4, -0.2) is 18.9 Å². The highest BCUT2D eigenvalue weighted by atomic mass is 19.1. The van der Waals surface area contributed by atoms with E-state index in [-0.39, 0.29) is 30.9 Å². The molecule has 0 N–H and O–H groups in total. The molecule has 0 atom stereocenters. The molecule has 0 saturated heterocycles. The SMILES string of the molecule is COC(=O)CCC(=O)Cc1ccc(F)c(C)c1. The van der Waals surface area contributed by atoms with E-state index in [9.17, 15) is 14.0 Å². The minimum Gasteiger partial charge on any atom is -0.469 e. The van der Waals surface area contributed by atoms with Gasteiger partial charge in [0.05, 0.1) is 13.5 Å². The van der Waals surface area contributed by atoms with Crippen LogP contribution >= 0.6 is 0 Å². The molecule has 17 heavy (non-hydrogen) atoms. The highest BCUT2D eigenvalue weighted by Crippen LogP contribution is 2.11. The van der Waals surface area contributed by atoms with Gasteiger partial charge in [-0.05, 0) is 24.1 Å². The molecule has 1 rings (SSSR count). The van der Waals surface area contributed by atoms with Crippen LogP contribution in [-0.2, 0) is 20.7 Å². The second-order valence-corrected chi connectivity index (χ2v) is 3.88. The Balaban J connectivity index is 2.50. The number of hydrogen-bond donors (Lipinski definition) is 0. The lowest BCUT2D eigenvalue weighted by molar-refractivity contribution is -0.141. The monoisotopic (exact) mass is 238 g/mol. The number of carbonyl (C=O) groups is 2. The second-order valence-electron chi connectivity index (χ2n) is 3.88. The highest BCUT2D eigenvalue weighted by molar-refractivity contribution is 5.84. The van der Waals surface area contributed by atoms with Crippen LogP contribution in [0.5, 0.6) is 0 Å². The number of Topliss-reactive ketones (excluding diaryl/α,β-unsaturated/α-hetero) is 1. The van der Waals surface area contributed by atoms with E-state index < -0.39 is 5.97 Å². The molecule has 1 aromatic carbocycles. The van der Waals surface area contributed by atoms with Crippen molar-refractivity contribution in [2.24, 2.45) is 0 Å². The summed E-state index contributed by atoms with van der Waals surface area (Å²) in [5, 5.41) is 0. The van der Waals surface area contributed by atoms with Gasteiger partial charge in [0.15, 0.2) is 0 Å². The van der Waals surface area contributed by atoms with E-state index in [1.165, 1.54) is 13.2 Å². The molecule has 0 radical (unpaired) electrons. The Morgan fingerprint density at radius 1 is 1.29 bits per heavy atom. The average molecular weight is 238 g/mol. The molecule has 0 amide bonds. The number of halogens is 1. The molecule has 92 valence electrons. The summed E-state index contributed by atoms with van der Waals surface area (Å²) in [5.41, 5.74) is 1.28. The minimum atomic E-state index is -0.395. The van der Waals surface area contributed by atoms with Crippen molar-refractivity contribution in [3.05, 3.63) is 35.1 Å². The normalized spacial score (nSPS) is 10.1. The van der Waals surface area contributed by atoms with Crippen molar-refractivity contribution >= 4 is 11.8 Å². The van der Waals surface area contributed by atoms with Crippen LogP contribution in [0.1, 0.15) is 24.0 Å². The van der Waals surface area contributed by atoms with Crippen LogP contribution in [0.15, 0.2) is 18.2 Å². The zero-order valence-electron chi connectivity index (χ0n) is 9.96. The van der Waals surface area contributed by atoms with Crippen molar-refractivity contribution in [1.82, 2.24) is 0 Å². The van der Waals surface area contributed by atoms with Gasteiger partial charge in [-0.2, -0.15) is 0 Å². The number of hydrogen-bond acceptors (Lipinski definition) is 3. The first-order valence-corrected chi connectivity index (χ1v) is 5.36. The van der Waals surface area contributed by atoms with Crippen LogP contribution < -0.4 is 0 Å². The van der Waals surface area contributed by atoms with Gasteiger partial charge in [-0.1, -0.05) is 12.1 Å². The lowest BCUT2D eigenvalue weighted by atomic mass is 10.0. The van der Waals surface area contributed by atoms with Crippen molar-refractivity contribution in [1.29, 1.82) is 0 Å². The topological polar surface area (TPSA) is 43.4 Å². The summed E-state index contributed by atoms with van der Waals surface area (Å²) in [5.74, 6) is -0.731. The molecule has 0 aliphatic rings. The maximum Gasteiger partial charge on any atom is 0.305 e. The van der Waals surface area contributed by atoms with Crippen LogP contribution in [0.2, 0.25) is 0 Å². The summed E-state index contributed by atoms with van der Waals surface area (Å²) in [6, 6.07) is 4.57. The Morgan fingerprint density at radius 2 is 2.00 bits per heavy atom. The minimum absolute atomic E-state index is 0.0543. The predicted molar refractivity (Wildman–Crippen MR) is 61.1 cm³/mol. The molecular weight excluding hydrogens is 223 g/mol. The maximum atomic E-state index is 13.0. The summed E-state index contributed by atoms with van der Waals surface area (Å²) >= 11 is 0. The van der Waals surface area contributed by atoms with Crippen molar-refractivity contribution in [2.45, 2.75) is 26.2 Å². The van der Waals surface area contributed by atoms with Gasteiger partial charge in [-0.3, -0.25) is 9.59 Å². The summed E-state index contributed by atoms with van der Waals surface area (Å²) in [7, 11) is 1.29. The standard InChI is InChI=1S/C13H15FO3/c1-9-7-10(3-5-12(9)14)8-11(15)4-6-13(16)17-2/h3,5,7H,4,6,8H2,1-2H3. The van der Waals surface area contributed by atoms with Gasteiger partial charge in [0.2, 0.25) is 0 Å². The zero-order valence-corrected chi connectivity index (χ0v) is 9.96. The van der Waals surface area contributed by atoms with Crippen LogP contribution in [0.3, 0.4) is 0 Å². The molecule has 0 aromatic heterocycles. The Morgan fingerprint density at radius 3 is 2.59 bits per heavy atom. The molecule has 0 aliphatic carbocycles. The first kappa shape index (κ1) is 13.4. The Kier molecular flexibility index (Phi) is 4.82. The Labute approximate surface area is 99.6 Å². The number of ether oxygens (including phenoxy) is 1. The molecule has 0 spiro atoms. The first-order valence-electron chi connectivity index (χ1n) is 5.36. The molecule has 0 bridgehead atoms. The van der Waals surface area contributed by atoms with Gasteiger partial charge >= 0.3 is 5.97 Å². The number of methoxy groups -OCH3 is 1. The van der Waals surface area contributed by atoms with E-state index in [4.69, 9.17) is 0 Å². The zero-order chi connectivity index (χ0) is 12.8. The Hall–Kier alpha value is -1.71. The van der Waals surface area contributed by atoms with Crippen molar-refractivity contribution < 1.29 is 18.7 Å². The van der Waals surface area contributed by atoms with E-state index in [1.807, 2.05) is 0 Å². The fourth-order valence-electron chi connectivity index (χ4n) is 1.48. The molecule has 4 heteroatoms. The molecule has 3 nitrogen and oxygen atoms in total. The van der Waals surface area contributed by atoms with Gasteiger partial charge in [0.25, 0.3) is 0 Å². The van der Waals surface area contributed by atoms with Gasteiger partial charge < -0.3 is 4.74 Å². The quantitative estimate of drug-likeness (QED) is 0.738. The third-order valence-electron chi connectivity index (χ3n) is 2.46. The lowest BCUT2D eigenvalue weighted by Crippen LogP contribution is -2.08. The third-order valence-corrected chi connectivity index (χ3v) is 2.46. The highest BCUT2D eigenvalue weighted by Gasteiger charge is 2.08. The number of aryl methyl sites for hydroxylation is 1. The van der Waals surface area contributed by atoms with E-state index in [2.05, 4.69) is 4.74 Å². The molecule has 1 aromatic rings. The third kappa shape index (κ3) is 4.34. The van der Waals surface area contributed by atoms with E-state index >= 15 is 0 Å². The van der Waals surface area contributed by atoms with Crippen LogP contribution in [0, 0.1) is 12.7 Å². The van der Waals surface area contributed by atoms with Gasteiger partial charge in [0.1, 0.15) is 11.6 Å². The summed E-state index contributed by atoms with van der Waals surface area (Å²) in [6.07, 6.45) is 0.469. The van der Waals surface area contributed by atoms with Crippen LogP contribution in [0.4, 0.5) is 4.39 Å². The van der Waals surface area contributed by atoms with E-state index in [0.29, 0.717) is 5.56 Å².